The van der Waals surface area contributed by atoms with Crippen LogP contribution < -0.4 is 14.4 Å². The molecule has 0 aliphatic rings. The van der Waals surface area contributed by atoms with E-state index >= 15 is 0 Å². The van der Waals surface area contributed by atoms with E-state index in [9.17, 15) is 4.79 Å². The summed E-state index contributed by atoms with van der Waals surface area (Å²) in [7, 11) is 3.98. The van der Waals surface area contributed by atoms with E-state index in [2.05, 4.69) is 0 Å². The van der Waals surface area contributed by atoms with Gasteiger partial charge in [-0.3, -0.25) is 9.69 Å². The maximum Gasteiger partial charge on any atom is 0.263 e. The molecule has 0 unspecified atom stereocenters. The van der Waals surface area contributed by atoms with Crippen molar-refractivity contribution in [2.45, 2.75) is 6.92 Å². The number of hydrogen-bond acceptors (Lipinski definition) is 6. The number of fused-ring (bicyclic) bond motifs is 1. The highest BCUT2D eigenvalue weighted by Gasteiger charge is 2.24. The Hall–Kier alpha value is -3.13. The van der Waals surface area contributed by atoms with Crippen LogP contribution in [0, 0.1) is 0 Å². The predicted molar refractivity (Wildman–Crippen MR) is 141 cm³/mol. The molecule has 0 saturated carbocycles. The second kappa shape index (κ2) is 11.8. The molecule has 1 heterocycles. The summed E-state index contributed by atoms with van der Waals surface area (Å²) in [6, 6.07) is 22.6. The zero-order valence-corrected chi connectivity index (χ0v) is 21.1. The fourth-order valence-electron chi connectivity index (χ4n) is 3.34. The zero-order chi connectivity index (χ0) is 23.2. The van der Waals surface area contributed by atoms with Crippen molar-refractivity contribution in [3.63, 3.8) is 0 Å². The van der Waals surface area contributed by atoms with Gasteiger partial charge in [0.2, 0.25) is 0 Å². The molecule has 0 spiro atoms. The second-order valence-electron chi connectivity index (χ2n) is 7.73. The van der Waals surface area contributed by atoms with E-state index in [0.717, 1.165) is 16.0 Å². The summed E-state index contributed by atoms with van der Waals surface area (Å²) in [4.78, 5) is 22.3. The Morgan fingerprint density at radius 2 is 1.68 bits per heavy atom. The zero-order valence-electron chi connectivity index (χ0n) is 19.4. The lowest BCUT2D eigenvalue weighted by Crippen LogP contribution is -2.36. The van der Waals surface area contributed by atoms with Crippen LogP contribution in [-0.2, 0) is 0 Å². The number of thiazole rings is 1. The van der Waals surface area contributed by atoms with E-state index in [1.165, 1.54) is 11.3 Å². The minimum atomic E-state index is -0.146. The number of aromatic nitrogens is 1. The van der Waals surface area contributed by atoms with Crippen LogP contribution in [0.25, 0.3) is 10.2 Å². The van der Waals surface area contributed by atoms with Gasteiger partial charge in [0.15, 0.2) is 5.13 Å². The van der Waals surface area contributed by atoms with Crippen molar-refractivity contribution in [1.82, 2.24) is 9.88 Å². The first-order valence-electron chi connectivity index (χ1n) is 10.9. The van der Waals surface area contributed by atoms with Crippen molar-refractivity contribution in [3.8, 4) is 17.2 Å². The standard InChI is InChI=1S/C26H27N3O3S.ClH/c1-4-31-20-14-15-22-24(18-20)33-26(27-22)29(17-16-28(2)3)25(30)21-12-8-9-13-23(21)32-19-10-6-5-7-11-19;/h5-15,18H,4,16-17H2,1-3H3;1H. The van der Waals surface area contributed by atoms with Crippen LogP contribution in [0.4, 0.5) is 5.13 Å². The molecule has 0 fully saturated rings. The summed E-state index contributed by atoms with van der Waals surface area (Å²) in [5.74, 6) is 1.85. The van der Waals surface area contributed by atoms with E-state index in [-0.39, 0.29) is 18.3 Å². The largest absolute Gasteiger partial charge is 0.494 e. The molecular formula is C26H28ClN3O3S. The van der Waals surface area contributed by atoms with Gasteiger partial charge in [-0.25, -0.2) is 4.98 Å². The van der Waals surface area contributed by atoms with E-state index < -0.39 is 0 Å². The molecule has 0 aliphatic heterocycles. The number of carbonyl (C=O) groups excluding carboxylic acids is 1. The van der Waals surface area contributed by atoms with Crippen LogP contribution in [0.15, 0.2) is 72.8 Å². The Bertz CT molecular complexity index is 1230. The summed E-state index contributed by atoms with van der Waals surface area (Å²) >= 11 is 1.48. The number of benzene rings is 3. The molecule has 0 aliphatic carbocycles. The lowest BCUT2D eigenvalue weighted by molar-refractivity contribution is 0.0983. The van der Waals surface area contributed by atoms with Crippen molar-refractivity contribution in [2.24, 2.45) is 0 Å². The Morgan fingerprint density at radius 1 is 0.941 bits per heavy atom. The van der Waals surface area contributed by atoms with Gasteiger partial charge in [-0.05, 0) is 63.5 Å². The summed E-state index contributed by atoms with van der Waals surface area (Å²) in [5, 5.41) is 0.653. The van der Waals surface area contributed by atoms with E-state index in [1.807, 2.05) is 92.6 Å². The normalized spacial score (nSPS) is 10.7. The lowest BCUT2D eigenvalue weighted by atomic mass is 10.1. The van der Waals surface area contributed by atoms with Crippen LogP contribution in [-0.4, -0.2) is 49.6 Å². The lowest BCUT2D eigenvalue weighted by Gasteiger charge is -2.23. The quantitative estimate of drug-likeness (QED) is 0.279. The third kappa shape index (κ3) is 6.05. The van der Waals surface area contributed by atoms with Crippen molar-refractivity contribution in [1.29, 1.82) is 0 Å². The molecule has 34 heavy (non-hydrogen) atoms. The third-order valence-electron chi connectivity index (χ3n) is 4.99. The van der Waals surface area contributed by atoms with Gasteiger partial charge in [-0.2, -0.15) is 0 Å². The Kier molecular flexibility index (Phi) is 8.87. The topological polar surface area (TPSA) is 54.9 Å². The van der Waals surface area contributed by atoms with Crippen molar-refractivity contribution < 1.29 is 14.3 Å². The van der Waals surface area contributed by atoms with Crippen LogP contribution >= 0.6 is 23.7 Å². The average molecular weight is 498 g/mol. The van der Waals surface area contributed by atoms with Crippen LogP contribution in [0.1, 0.15) is 17.3 Å². The van der Waals surface area contributed by atoms with Gasteiger partial charge in [-0.1, -0.05) is 41.7 Å². The number of amides is 1. The van der Waals surface area contributed by atoms with Crippen molar-refractivity contribution in [3.05, 3.63) is 78.4 Å². The first-order valence-corrected chi connectivity index (χ1v) is 11.7. The van der Waals surface area contributed by atoms with Gasteiger partial charge < -0.3 is 14.4 Å². The van der Waals surface area contributed by atoms with Gasteiger partial charge >= 0.3 is 0 Å². The summed E-state index contributed by atoms with van der Waals surface area (Å²) in [6.45, 7) is 3.76. The minimum Gasteiger partial charge on any atom is -0.494 e. The molecular weight excluding hydrogens is 470 g/mol. The molecule has 4 aromatic rings. The summed E-state index contributed by atoms with van der Waals surface area (Å²) in [6.07, 6.45) is 0. The van der Waals surface area contributed by atoms with Crippen LogP contribution in [0.3, 0.4) is 0 Å². The Balaban J connectivity index is 0.00000324. The summed E-state index contributed by atoms with van der Waals surface area (Å²) in [5.41, 5.74) is 1.34. The molecule has 0 saturated heterocycles. The van der Waals surface area contributed by atoms with E-state index in [0.29, 0.717) is 41.9 Å². The number of likely N-dealkylation sites (N-methyl/N-ethyl adjacent to an activating group) is 1. The Morgan fingerprint density at radius 3 is 2.41 bits per heavy atom. The molecule has 0 bridgehead atoms. The van der Waals surface area contributed by atoms with Crippen LogP contribution in [0.5, 0.6) is 17.2 Å². The molecule has 6 nitrogen and oxygen atoms in total. The fourth-order valence-corrected chi connectivity index (χ4v) is 4.36. The molecule has 1 aromatic heterocycles. The van der Waals surface area contributed by atoms with Gasteiger partial charge in [0.25, 0.3) is 5.91 Å². The number of anilines is 1. The number of carbonyl (C=O) groups is 1. The number of halogens is 1. The molecule has 8 heteroatoms. The van der Waals surface area contributed by atoms with Gasteiger partial charge in [0.1, 0.15) is 17.2 Å². The molecule has 0 N–H and O–H groups in total. The summed E-state index contributed by atoms with van der Waals surface area (Å²) < 4.78 is 12.7. The maximum absolute atomic E-state index is 13.8. The SMILES string of the molecule is CCOc1ccc2nc(N(CCN(C)C)C(=O)c3ccccc3Oc3ccccc3)sc2c1.Cl. The van der Waals surface area contributed by atoms with Crippen molar-refractivity contribution >= 4 is 45.0 Å². The van der Waals surface area contributed by atoms with Crippen molar-refractivity contribution in [2.75, 3.05) is 38.7 Å². The Labute approximate surface area is 210 Å². The molecule has 3 aromatic carbocycles. The maximum atomic E-state index is 13.8. The minimum absolute atomic E-state index is 0. The highest BCUT2D eigenvalue weighted by molar-refractivity contribution is 7.22. The molecule has 178 valence electrons. The number of nitrogens with zero attached hydrogens (tertiary/aromatic N) is 3. The highest BCUT2D eigenvalue weighted by atomic mass is 35.5. The number of para-hydroxylation sites is 2. The number of rotatable bonds is 9. The second-order valence-corrected chi connectivity index (χ2v) is 8.74. The monoisotopic (exact) mass is 497 g/mol. The molecule has 0 atom stereocenters. The first-order chi connectivity index (χ1) is 16.0. The van der Waals surface area contributed by atoms with E-state index in [4.69, 9.17) is 14.5 Å². The smallest absolute Gasteiger partial charge is 0.263 e. The third-order valence-corrected chi connectivity index (χ3v) is 6.04. The fraction of sp³-hybridized carbons (Fsp3) is 0.231. The molecule has 4 rings (SSSR count). The van der Waals surface area contributed by atoms with Gasteiger partial charge in [0, 0.05) is 13.1 Å². The first kappa shape index (κ1) is 25.5. The highest BCUT2D eigenvalue weighted by Crippen LogP contribution is 2.34. The number of hydrogen-bond donors (Lipinski definition) is 0. The predicted octanol–water partition coefficient (Wildman–Crippen LogP) is 6.12. The van der Waals surface area contributed by atoms with Crippen LogP contribution in [0.2, 0.25) is 0 Å². The van der Waals surface area contributed by atoms with E-state index in [1.54, 1.807) is 11.0 Å². The van der Waals surface area contributed by atoms with Gasteiger partial charge in [0.05, 0.1) is 22.4 Å². The number of ether oxygens (including phenoxy) is 2. The molecule has 0 radical (unpaired) electrons. The average Bonchev–Trinajstić information content (AvgIpc) is 3.23. The van der Waals surface area contributed by atoms with Gasteiger partial charge in [-0.15, -0.1) is 12.4 Å². The molecule has 1 amide bonds.